The Morgan fingerprint density at radius 3 is 3.00 bits per heavy atom. The summed E-state index contributed by atoms with van der Waals surface area (Å²) in [5, 5.41) is 2.46. The molecule has 1 aliphatic rings. The van der Waals surface area contributed by atoms with Gasteiger partial charge in [-0.2, -0.15) is 0 Å². The fraction of sp³-hybridized carbons (Fsp3) is 0.381. The van der Waals surface area contributed by atoms with Crippen LogP contribution in [-0.4, -0.2) is 53.1 Å². The van der Waals surface area contributed by atoms with Crippen molar-refractivity contribution in [3.63, 3.8) is 0 Å². The summed E-state index contributed by atoms with van der Waals surface area (Å²) in [6.07, 6.45) is 1.67. The van der Waals surface area contributed by atoms with Crippen LogP contribution in [0.2, 0.25) is 0 Å². The molecule has 29 heavy (non-hydrogen) atoms. The number of hydrogen-bond acceptors (Lipinski definition) is 6. The number of aromatic nitrogens is 2. The van der Waals surface area contributed by atoms with Crippen LogP contribution in [0.4, 0.5) is 5.69 Å². The van der Waals surface area contributed by atoms with Gasteiger partial charge in [-0.05, 0) is 30.5 Å². The number of fused-ring (bicyclic) bond motifs is 2. The third-order valence-corrected chi connectivity index (χ3v) is 6.05. The van der Waals surface area contributed by atoms with E-state index in [-0.39, 0.29) is 24.0 Å². The van der Waals surface area contributed by atoms with Gasteiger partial charge in [0.15, 0.2) is 0 Å². The smallest absolute Gasteiger partial charge is 0.262 e. The molecule has 3 aromatic rings. The van der Waals surface area contributed by atoms with Crippen molar-refractivity contribution in [1.29, 1.82) is 0 Å². The van der Waals surface area contributed by atoms with Crippen molar-refractivity contribution in [1.82, 2.24) is 14.5 Å². The molecule has 0 fully saturated rings. The predicted molar refractivity (Wildman–Crippen MR) is 115 cm³/mol. The molecule has 1 atom stereocenters. The molecule has 0 radical (unpaired) electrons. The van der Waals surface area contributed by atoms with Crippen molar-refractivity contribution in [2.75, 3.05) is 31.6 Å². The first-order chi connectivity index (χ1) is 14.1. The third-order valence-electron chi connectivity index (χ3n) is 5.23. The standard InChI is InChI=1S/C21H24N4O3S/c1-3-24-13-15(28-18-7-5-4-6-17(18)24)12-23(2)19(26)8-10-25-14-22-20-16(21(25)27)9-11-29-20/h4-7,9,11,14-15H,3,8,10,12-13H2,1-2H3. The molecule has 0 saturated heterocycles. The highest BCUT2D eigenvalue weighted by Gasteiger charge is 2.26. The van der Waals surface area contributed by atoms with Crippen LogP contribution in [0.5, 0.6) is 5.75 Å². The molecule has 7 nitrogen and oxygen atoms in total. The Bertz CT molecular complexity index is 1080. The van der Waals surface area contributed by atoms with Crippen LogP contribution in [0.25, 0.3) is 10.2 Å². The Labute approximate surface area is 173 Å². The Morgan fingerprint density at radius 1 is 1.34 bits per heavy atom. The average Bonchev–Trinajstić information content (AvgIpc) is 3.22. The van der Waals surface area contributed by atoms with E-state index in [1.165, 1.54) is 22.2 Å². The molecule has 1 amide bonds. The van der Waals surface area contributed by atoms with Crippen LogP contribution in [0.1, 0.15) is 13.3 Å². The number of para-hydroxylation sites is 2. The highest BCUT2D eigenvalue weighted by atomic mass is 32.1. The van der Waals surface area contributed by atoms with Crippen molar-refractivity contribution >= 4 is 33.1 Å². The largest absolute Gasteiger partial charge is 0.485 e. The summed E-state index contributed by atoms with van der Waals surface area (Å²) in [6, 6.07) is 9.76. The van der Waals surface area contributed by atoms with E-state index >= 15 is 0 Å². The van der Waals surface area contributed by atoms with Gasteiger partial charge in [0, 0.05) is 26.6 Å². The molecular formula is C21H24N4O3S. The van der Waals surface area contributed by atoms with E-state index in [2.05, 4.69) is 22.9 Å². The number of carbonyl (C=O) groups is 1. The zero-order valence-corrected chi connectivity index (χ0v) is 17.4. The van der Waals surface area contributed by atoms with Crippen LogP contribution >= 0.6 is 11.3 Å². The quantitative estimate of drug-likeness (QED) is 0.623. The van der Waals surface area contributed by atoms with Crippen molar-refractivity contribution in [2.24, 2.45) is 0 Å². The van der Waals surface area contributed by atoms with Crippen molar-refractivity contribution in [2.45, 2.75) is 26.0 Å². The maximum Gasteiger partial charge on any atom is 0.262 e. The summed E-state index contributed by atoms with van der Waals surface area (Å²) in [5.74, 6) is 0.834. The van der Waals surface area contributed by atoms with Crippen LogP contribution in [0, 0.1) is 0 Å². The molecule has 0 N–H and O–H groups in total. The topological polar surface area (TPSA) is 67.7 Å². The minimum absolute atomic E-state index is 0.0205. The molecule has 0 aliphatic carbocycles. The van der Waals surface area contributed by atoms with Gasteiger partial charge in [0.1, 0.15) is 16.7 Å². The van der Waals surface area contributed by atoms with E-state index in [1.54, 1.807) is 18.0 Å². The van der Waals surface area contributed by atoms with Gasteiger partial charge in [-0.25, -0.2) is 4.98 Å². The minimum Gasteiger partial charge on any atom is -0.485 e. The number of ether oxygens (including phenoxy) is 1. The lowest BCUT2D eigenvalue weighted by atomic mass is 10.1. The first kappa shape index (κ1) is 19.4. The number of likely N-dealkylation sites (N-methyl/N-ethyl adjacent to an activating group) is 2. The fourth-order valence-corrected chi connectivity index (χ4v) is 4.36. The zero-order chi connectivity index (χ0) is 20.4. The molecule has 1 aliphatic heterocycles. The fourth-order valence-electron chi connectivity index (χ4n) is 3.64. The number of aryl methyl sites for hydroxylation is 1. The van der Waals surface area contributed by atoms with Gasteiger partial charge in [0.05, 0.1) is 30.5 Å². The Kier molecular flexibility index (Phi) is 5.53. The molecule has 8 heteroatoms. The molecule has 0 saturated carbocycles. The molecular weight excluding hydrogens is 388 g/mol. The SMILES string of the molecule is CCN1CC(CN(C)C(=O)CCn2cnc3sccc3c2=O)Oc2ccccc21. The number of benzene rings is 1. The van der Waals surface area contributed by atoms with E-state index < -0.39 is 0 Å². The van der Waals surface area contributed by atoms with Crippen LogP contribution in [0.3, 0.4) is 0 Å². The first-order valence-corrected chi connectivity index (χ1v) is 10.6. The number of thiophene rings is 1. The van der Waals surface area contributed by atoms with Gasteiger partial charge < -0.3 is 14.5 Å². The van der Waals surface area contributed by atoms with E-state index in [0.29, 0.717) is 18.5 Å². The van der Waals surface area contributed by atoms with Gasteiger partial charge in [-0.3, -0.25) is 14.2 Å². The summed E-state index contributed by atoms with van der Waals surface area (Å²) in [7, 11) is 1.78. The molecule has 1 unspecified atom stereocenters. The highest BCUT2D eigenvalue weighted by Crippen LogP contribution is 2.32. The second-order valence-electron chi connectivity index (χ2n) is 7.15. The first-order valence-electron chi connectivity index (χ1n) is 9.74. The lowest BCUT2D eigenvalue weighted by molar-refractivity contribution is -0.131. The number of carbonyl (C=O) groups excluding carboxylic acids is 1. The van der Waals surface area contributed by atoms with Gasteiger partial charge in [0.2, 0.25) is 5.91 Å². The number of nitrogens with zero attached hydrogens (tertiary/aromatic N) is 4. The van der Waals surface area contributed by atoms with E-state index in [9.17, 15) is 9.59 Å². The minimum atomic E-state index is -0.0995. The van der Waals surface area contributed by atoms with Crippen LogP contribution < -0.4 is 15.2 Å². The molecule has 4 rings (SSSR count). The number of amides is 1. The molecule has 3 heterocycles. The van der Waals surface area contributed by atoms with Gasteiger partial charge >= 0.3 is 0 Å². The lowest BCUT2D eigenvalue weighted by Crippen LogP contribution is -2.47. The van der Waals surface area contributed by atoms with Gasteiger partial charge in [0.25, 0.3) is 5.56 Å². The highest BCUT2D eigenvalue weighted by molar-refractivity contribution is 7.16. The summed E-state index contributed by atoms with van der Waals surface area (Å²) < 4.78 is 7.61. The van der Waals surface area contributed by atoms with Crippen LogP contribution in [0.15, 0.2) is 46.8 Å². The maximum atomic E-state index is 12.6. The summed E-state index contributed by atoms with van der Waals surface area (Å²) in [4.78, 5) is 34.1. The molecule has 2 aromatic heterocycles. The molecule has 1 aromatic carbocycles. The molecule has 0 bridgehead atoms. The number of rotatable bonds is 6. The van der Waals surface area contributed by atoms with Gasteiger partial charge in [-0.1, -0.05) is 12.1 Å². The zero-order valence-electron chi connectivity index (χ0n) is 16.6. The third kappa shape index (κ3) is 3.98. The second-order valence-corrected chi connectivity index (χ2v) is 8.05. The summed E-state index contributed by atoms with van der Waals surface area (Å²) >= 11 is 1.44. The Balaban J connectivity index is 1.37. The van der Waals surface area contributed by atoms with Crippen molar-refractivity contribution in [3.05, 3.63) is 52.4 Å². The maximum absolute atomic E-state index is 12.6. The van der Waals surface area contributed by atoms with Crippen LogP contribution in [-0.2, 0) is 11.3 Å². The molecule has 152 valence electrons. The van der Waals surface area contributed by atoms with Crippen molar-refractivity contribution in [3.8, 4) is 5.75 Å². The second kappa shape index (κ2) is 8.24. The van der Waals surface area contributed by atoms with E-state index in [4.69, 9.17) is 4.74 Å². The van der Waals surface area contributed by atoms with E-state index in [1.807, 2.05) is 23.6 Å². The number of hydrogen-bond donors (Lipinski definition) is 0. The van der Waals surface area contributed by atoms with E-state index in [0.717, 1.165) is 29.4 Å². The average molecular weight is 413 g/mol. The normalized spacial score (nSPS) is 15.8. The number of anilines is 1. The Morgan fingerprint density at radius 2 is 2.17 bits per heavy atom. The van der Waals surface area contributed by atoms with Crippen molar-refractivity contribution < 1.29 is 9.53 Å². The molecule has 0 spiro atoms. The lowest BCUT2D eigenvalue weighted by Gasteiger charge is -2.37. The monoisotopic (exact) mass is 412 g/mol. The van der Waals surface area contributed by atoms with Gasteiger partial charge in [-0.15, -0.1) is 11.3 Å². The summed E-state index contributed by atoms with van der Waals surface area (Å²) in [5.41, 5.74) is 0.994. The Hall–Kier alpha value is -2.87. The predicted octanol–water partition coefficient (Wildman–Crippen LogP) is 2.59. The summed E-state index contributed by atoms with van der Waals surface area (Å²) in [6.45, 7) is 4.56.